The third-order valence-corrected chi connectivity index (χ3v) is 2.42. The second kappa shape index (κ2) is 7.26. The van der Waals surface area contributed by atoms with Crippen LogP contribution in [0, 0.1) is 11.3 Å². The molecule has 0 fully saturated rings. The van der Waals surface area contributed by atoms with Gasteiger partial charge in [0.15, 0.2) is 0 Å². The zero-order chi connectivity index (χ0) is 14.3. The van der Waals surface area contributed by atoms with E-state index in [4.69, 9.17) is 27.7 Å². The lowest BCUT2D eigenvalue weighted by Gasteiger charge is -2.07. The Morgan fingerprint density at radius 3 is 2.89 bits per heavy atom. The van der Waals surface area contributed by atoms with Gasteiger partial charge in [0.2, 0.25) is 0 Å². The van der Waals surface area contributed by atoms with Gasteiger partial charge in [-0.1, -0.05) is 11.6 Å². The SMILES string of the molecule is N#C/C(=C/NCCO)C(=O)Nc1ccc(N)cc1Cl. The largest absolute Gasteiger partial charge is 0.399 e. The van der Waals surface area contributed by atoms with E-state index in [9.17, 15) is 4.79 Å². The highest BCUT2D eigenvalue weighted by atomic mass is 35.5. The molecule has 0 radical (unpaired) electrons. The number of benzene rings is 1. The molecule has 0 bridgehead atoms. The molecule has 0 saturated heterocycles. The van der Waals surface area contributed by atoms with Crippen LogP contribution in [0.2, 0.25) is 5.02 Å². The van der Waals surface area contributed by atoms with Crippen molar-refractivity contribution in [3.05, 3.63) is 35.0 Å². The number of rotatable bonds is 5. The van der Waals surface area contributed by atoms with Crippen molar-refractivity contribution in [3.63, 3.8) is 0 Å². The van der Waals surface area contributed by atoms with Gasteiger partial charge < -0.3 is 21.5 Å². The maximum Gasteiger partial charge on any atom is 0.267 e. The molecule has 0 spiro atoms. The quantitative estimate of drug-likeness (QED) is 0.276. The summed E-state index contributed by atoms with van der Waals surface area (Å²) in [5, 5.41) is 22.8. The lowest BCUT2D eigenvalue weighted by molar-refractivity contribution is -0.112. The van der Waals surface area contributed by atoms with Crippen molar-refractivity contribution in [3.8, 4) is 6.07 Å². The number of aliphatic hydroxyl groups excluding tert-OH is 1. The Kier molecular flexibility index (Phi) is 5.67. The monoisotopic (exact) mass is 280 g/mol. The molecule has 0 atom stereocenters. The van der Waals surface area contributed by atoms with Crippen molar-refractivity contribution in [1.82, 2.24) is 5.32 Å². The fraction of sp³-hybridized carbons (Fsp3) is 0.167. The fourth-order valence-corrected chi connectivity index (χ4v) is 1.45. The van der Waals surface area contributed by atoms with Gasteiger partial charge in [0.25, 0.3) is 5.91 Å². The molecule has 7 heteroatoms. The van der Waals surface area contributed by atoms with Gasteiger partial charge in [-0.15, -0.1) is 0 Å². The molecule has 1 amide bonds. The Morgan fingerprint density at radius 2 is 2.32 bits per heavy atom. The van der Waals surface area contributed by atoms with E-state index in [-0.39, 0.29) is 23.7 Å². The molecule has 0 unspecified atom stereocenters. The van der Waals surface area contributed by atoms with Crippen LogP contribution in [0.1, 0.15) is 0 Å². The number of nitrogens with two attached hydrogens (primary N) is 1. The minimum absolute atomic E-state index is 0.0966. The molecular weight excluding hydrogens is 268 g/mol. The second-order valence-corrected chi connectivity index (χ2v) is 3.95. The molecule has 1 aromatic rings. The summed E-state index contributed by atoms with van der Waals surface area (Å²) < 4.78 is 0. The van der Waals surface area contributed by atoms with Crippen molar-refractivity contribution in [2.75, 3.05) is 24.2 Å². The van der Waals surface area contributed by atoms with E-state index >= 15 is 0 Å². The Bertz CT molecular complexity index is 537. The number of nitrogen functional groups attached to an aromatic ring is 1. The number of nitriles is 1. The number of carbonyl (C=O) groups is 1. The van der Waals surface area contributed by atoms with Crippen LogP contribution in [0.15, 0.2) is 30.0 Å². The first-order valence-electron chi connectivity index (χ1n) is 5.39. The average Bonchev–Trinajstić information content (AvgIpc) is 2.38. The molecule has 100 valence electrons. The van der Waals surface area contributed by atoms with Gasteiger partial charge in [-0.25, -0.2) is 0 Å². The zero-order valence-electron chi connectivity index (χ0n) is 9.98. The summed E-state index contributed by atoms with van der Waals surface area (Å²) in [5.74, 6) is -0.598. The molecule has 0 aromatic heterocycles. The van der Waals surface area contributed by atoms with Crippen LogP contribution < -0.4 is 16.4 Å². The summed E-state index contributed by atoms with van der Waals surface area (Å²) >= 11 is 5.90. The van der Waals surface area contributed by atoms with Gasteiger partial charge >= 0.3 is 0 Å². The van der Waals surface area contributed by atoms with Crippen LogP contribution in [-0.4, -0.2) is 24.2 Å². The number of aliphatic hydroxyl groups is 1. The summed E-state index contributed by atoms with van der Waals surface area (Å²) in [4.78, 5) is 11.8. The predicted molar refractivity (Wildman–Crippen MR) is 73.3 cm³/mol. The second-order valence-electron chi connectivity index (χ2n) is 3.54. The Morgan fingerprint density at radius 1 is 1.58 bits per heavy atom. The Balaban J connectivity index is 2.77. The highest BCUT2D eigenvalue weighted by Crippen LogP contribution is 2.24. The maximum atomic E-state index is 11.8. The molecule has 0 heterocycles. The van der Waals surface area contributed by atoms with Gasteiger partial charge in [-0.05, 0) is 18.2 Å². The van der Waals surface area contributed by atoms with Crippen molar-refractivity contribution in [1.29, 1.82) is 5.26 Å². The molecular formula is C12H13ClN4O2. The van der Waals surface area contributed by atoms with Gasteiger partial charge in [0.1, 0.15) is 11.6 Å². The van der Waals surface area contributed by atoms with Gasteiger partial charge in [0.05, 0.1) is 17.3 Å². The Hall–Kier alpha value is -2.23. The molecule has 1 aromatic carbocycles. The van der Waals surface area contributed by atoms with Gasteiger partial charge in [0, 0.05) is 18.4 Å². The van der Waals surface area contributed by atoms with E-state index in [1.165, 1.54) is 12.3 Å². The smallest absolute Gasteiger partial charge is 0.267 e. The van der Waals surface area contributed by atoms with Crippen LogP contribution in [-0.2, 0) is 4.79 Å². The average molecular weight is 281 g/mol. The van der Waals surface area contributed by atoms with Crippen LogP contribution in [0.4, 0.5) is 11.4 Å². The number of hydrogen-bond donors (Lipinski definition) is 4. The fourth-order valence-electron chi connectivity index (χ4n) is 1.21. The number of hydrogen-bond acceptors (Lipinski definition) is 5. The molecule has 5 N–H and O–H groups in total. The number of carbonyl (C=O) groups excluding carboxylic acids is 1. The topological polar surface area (TPSA) is 111 Å². The van der Waals surface area contributed by atoms with Crippen molar-refractivity contribution in [2.24, 2.45) is 0 Å². The van der Waals surface area contributed by atoms with E-state index in [0.29, 0.717) is 11.4 Å². The van der Waals surface area contributed by atoms with Gasteiger partial charge in [-0.3, -0.25) is 4.79 Å². The minimum Gasteiger partial charge on any atom is -0.399 e. The number of nitrogens with one attached hydrogen (secondary N) is 2. The first-order valence-corrected chi connectivity index (χ1v) is 5.77. The van der Waals surface area contributed by atoms with Crippen LogP contribution in [0.25, 0.3) is 0 Å². The standard InChI is InChI=1S/C12H13ClN4O2/c13-10-5-9(15)1-2-11(10)17-12(19)8(6-14)7-16-3-4-18/h1-2,5,7,16,18H,3-4,15H2,(H,17,19)/b8-7-. The first kappa shape index (κ1) is 14.8. The van der Waals surface area contributed by atoms with Crippen molar-refractivity contribution in [2.45, 2.75) is 0 Å². The number of amides is 1. The Labute approximate surface area is 115 Å². The number of nitrogens with zero attached hydrogens (tertiary/aromatic N) is 1. The van der Waals surface area contributed by atoms with E-state index in [2.05, 4.69) is 10.6 Å². The zero-order valence-corrected chi connectivity index (χ0v) is 10.7. The molecule has 0 aliphatic heterocycles. The molecule has 0 aliphatic carbocycles. The van der Waals surface area contributed by atoms with E-state index in [0.717, 1.165) is 0 Å². The van der Waals surface area contributed by atoms with E-state index in [1.807, 2.05) is 0 Å². The lowest BCUT2D eigenvalue weighted by atomic mass is 10.2. The predicted octanol–water partition coefficient (Wildman–Crippen LogP) is 0.850. The molecule has 1 rings (SSSR count). The first-order chi connectivity index (χ1) is 9.08. The van der Waals surface area contributed by atoms with Crippen molar-refractivity contribution >= 4 is 28.9 Å². The third kappa shape index (κ3) is 4.50. The highest BCUT2D eigenvalue weighted by molar-refractivity contribution is 6.34. The summed E-state index contributed by atoms with van der Waals surface area (Å²) in [6.45, 7) is 0.154. The highest BCUT2D eigenvalue weighted by Gasteiger charge is 2.11. The normalized spacial score (nSPS) is 10.7. The molecule has 19 heavy (non-hydrogen) atoms. The van der Waals surface area contributed by atoms with E-state index < -0.39 is 5.91 Å². The lowest BCUT2D eigenvalue weighted by Crippen LogP contribution is -2.18. The third-order valence-electron chi connectivity index (χ3n) is 2.11. The number of anilines is 2. The summed E-state index contributed by atoms with van der Waals surface area (Å²) in [6.07, 6.45) is 1.23. The minimum atomic E-state index is -0.598. The number of halogens is 1. The summed E-state index contributed by atoms with van der Waals surface area (Å²) in [5.41, 5.74) is 6.25. The van der Waals surface area contributed by atoms with Crippen LogP contribution in [0.3, 0.4) is 0 Å². The molecule has 6 nitrogen and oxygen atoms in total. The van der Waals surface area contributed by atoms with E-state index in [1.54, 1.807) is 18.2 Å². The molecule has 0 aliphatic rings. The molecule has 0 saturated carbocycles. The summed E-state index contributed by atoms with van der Waals surface area (Å²) in [7, 11) is 0. The van der Waals surface area contributed by atoms with Gasteiger partial charge in [-0.2, -0.15) is 5.26 Å². The van der Waals surface area contributed by atoms with Crippen molar-refractivity contribution < 1.29 is 9.90 Å². The van der Waals surface area contributed by atoms with Crippen LogP contribution >= 0.6 is 11.6 Å². The maximum absolute atomic E-state index is 11.8. The van der Waals surface area contributed by atoms with Crippen LogP contribution in [0.5, 0.6) is 0 Å². The summed E-state index contributed by atoms with van der Waals surface area (Å²) in [6, 6.07) is 6.38.